The Balaban J connectivity index is 2.41. The maximum absolute atomic E-state index is 12.0. The highest BCUT2D eigenvalue weighted by Gasteiger charge is 2.26. The quantitative estimate of drug-likeness (QED) is 0.753. The van der Waals surface area contributed by atoms with Crippen LogP contribution >= 0.6 is 0 Å². The third-order valence-corrected chi connectivity index (χ3v) is 3.21. The molecule has 0 fully saturated rings. The van der Waals surface area contributed by atoms with Crippen molar-refractivity contribution in [2.75, 3.05) is 0 Å². The summed E-state index contributed by atoms with van der Waals surface area (Å²) in [7, 11) is 0. The Labute approximate surface area is 103 Å². The van der Waals surface area contributed by atoms with Gasteiger partial charge in [0.1, 0.15) is 0 Å². The van der Waals surface area contributed by atoms with Crippen LogP contribution in [-0.2, 0) is 4.79 Å². The molecule has 0 aromatic heterocycles. The molecule has 0 heterocycles. The molecule has 1 aromatic carbocycles. The minimum absolute atomic E-state index is 0.266. The van der Waals surface area contributed by atoms with Gasteiger partial charge in [-0.05, 0) is 29.6 Å². The third-order valence-electron chi connectivity index (χ3n) is 3.21. The van der Waals surface area contributed by atoms with Gasteiger partial charge in [-0.3, -0.25) is 4.79 Å². The normalized spacial score (nSPS) is 15.8. The van der Waals surface area contributed by atoms with Crippen molar-refractivity contribution in [3.05, 3.63) is 53.6 Å². The van der Waals surface area contributed by atoms with Crippen LogP contribution in [0.2, 0.25) is 0 Å². The second-order valence-corrected chi connectivity index (χ2v) is 4.53. The Morgan fingerprint density at radius 3 is 2.59 bits per heavy atom. The van der Waals surface area contributed by atoms with E-state index >= 15 is 0 Å². The van der Waals surface area contributed by atoms with Crippen LogP contribution in [0.5, 0.6) is 0 Å². The summed E-state index contributed by atoms with van der Waals surface area (Å²) in [6.07, 6.45) is 3.58. The first-order valence-corrected chi connectivity index (χ1v) is 6.24. The summed E-state index contributed by atoms with van der Waals surface area (Å²) in [6, 6.07) is 10.1. The molecule has 17 heavy (non-hydrogen) atoms. The van der Waals surface area contributed by atoms with Gasteiger partial charge in [0.25, 0.3) is 0 Å². The van der Waals surface area contributed by atoms with E-state index in [9.17, 15) is 4.79 Å². The minimum Gasteiger partial charge on any atom is -0.294 e. The van der Waals surface area contributed by atoms with Crippen molar-refractivity contribution in [1.82, 2.24) is 0 Å². The van der Waals surface area contributed by atoms with Crippen molar-refractivity contribution in [1.29, 1.82) is 0 Å². The van der Waals surface area contributed by atoms with E-state index in [1.54, 1.807) is 0 Å². The zero-order valence-corrected chi connectivity index (χ0v) is 10.3. The van der Waals surface area contributed by atoms with Gasteiger partial charge in [-0.2, -0.15) is 0 Å². The van der Waals surface area contributed by atoms with Gasteiger partial charge in [0.2, 0.25) is 0 Å². The number of carbonyl (C=O) groups is 1. The van der Waals surface area contributed by atoms with Crippen molar-refractivity contribution < 1.29 is 4.79 Å². The van der Waals surface area contributed by atoms with Gasteiger partial charge in [-0.15, -0.1) is 0 Å². The van der Waals surface area contributed by atoms with Gasteiger partial charge in [-0.25, -0.2) is 0 Å². The van der Waals surface area contributed by atoms with E-state index in [-0.39, 0.29) is 5.78 Å². The largest absolute Gasteiger partial charge is 0.294 e. The van der Waals surface area contributed by atoms with Crippen LogP contribution in [0, 0.1) is 0 Å². The zero-order valence-electron chi connectivity index (χ0n) is 10.3. The van der Waals surface area contributed by atoms with Gasteiger partial charge in [-0.1, -0.05) is 50.3 Å². The molecule has 1 heteroatoms. The van der Waals surface area contributed by atoms with Crippen molar-refractivity contribution >= 4 is 11.4 Å². The summed E-state index contributed by atoms with van der Waals surface area (Å²) in [5.74, 6) is 0.266. The fourth-order valence-electron chi connectivity index (χ4n) is 2.34. The van der Waals surface area contributed by atoms with E-state index in [2.05, 4.69) is 25.6 Å². The topological polar surface area (TPSA) is 17.1 Å². The van der Waals surface area contributed by atoms with Gasteiger partial charge in [0.15, 0.2) is 5.78 Å². The number of benzene rings is 1. The van der Waals surface area contributed by atoms with Crippen molar-refractivity contribution in [3.8, 4) is 0 Å². The Bertz CT molecular complexity index is 466. The standard InChI is InChI=1S/C16H18O/c1-3-4-10-14-15(17)11-12(2)16(14)13-8-6-5-7-9-13/h5-9H,2-4,10-11H2,1H3. The smallest absolute Gasteiger partial charge is 0.163 e. The van der Waals surface area contributed by atoms with Crippen LogP contribution in [0.1, 0.15) is 38.2 Å². The van der Waals surface area contributed by atoms with E-state index in [1.165, 1.54) is 0 Å². The second-order valence-electron chi connectivity index (χ2n) is 4.53. The molecule has 2 rings (SSSR count). The molecule has 1 aliphatic carbocycles. The number of Topliss-reactive ketones (excluding diaryl/α,β-unsaturated/α-hetero) is 1. The lowest BCUT2D eigenvalue weighted by Gasteiger charge is -2.07. The number of ketones is 1. The van der Waals surface area contributed by atoms with Crippen LogP contribution in [0.4, 0.5) is 0 Å². The minimum atomic E-state index is 0.266. The molecule has 1 aliphatic rings. The molecule has 0 saturated carbocycles. The maximum atomic E-state index is 12.0. The summed E-state index contributed by atoms with van der Waals surface area (Å²) in [5.41, 5.74) is 4.20. The third kappa shape index (κ3) is 2.38. The Kier molecular flexibility index (Phi) is 3.58. The Morgan fingerprint density at radius 2 is 1.94 bits per heavy atom. The van der Waals surface area contributed by atoms with Crippen LogP contribution in [-0.4, -0.2) is 5.78 Å². The van der Waals surface area contributed by atoms with Crippen LogP contribution in [0.3, 0.4) is 0 Å². The number of carbonyl (C=O) groups excluding carboxylic acids is 1. The lowest BCUT2D eigenvalue weighted by atomic mass is 9.97. The van der Waals surface area contributed by atoms with Crippen LogP contribution in [0.15, 0.2) is 48.1 Å². The van der Waals surface area contributed by atoms with Crippen molar-refractivity contribution in [2.24, 2.45) is 0 Å². The van der Waals surface area contributed by atoms with E-state index < -0.39 is 0 Å². The molecule has 0 bridgehead atoms. The number of hydrogen-bond donors (Lipinski definition) is 0. The first-order chi connectivity index (χ1) is 8.24. The van der Waals surface area contributed by atoms with Gasteiger partial charge in [0, 0.05) is 12.0 Å². The summed E-state index contributed by atoms with van der Waals surface area (Å²) in [4.78, 5) is 12.0. The molecular formula is C16H18O. The van der Waals surface area contributed by atoms with Gasteiger partial charge >= 0.3 is 0 Å². The summed E-state index contributed by atoms with van der Waals surface area (Å²) < 4.78 is 0. The Morgan fingerprint density at radius 1 is 1.24 bits per heavy atom. The highest BCUT2D eigenvalue weighted by atomic mass is 16.1. The van der Waals surface area contributed by atoms with Crippen molar-refractivity contribution in [3.63, 3.8) is 0 Å². The highest BCUT2D eigenvalue weighted by Crippen LogP contribution is 2.37. The predicted molar refractivity (Wildman–Crippen MR) is 71.7 cm³/mol. The number of unbranched alkanes of at least 4 members (excludes halogenated alkanes) is 1. The van der Waals surface area contributed by atoms with Gasteiger partial charge < -0.3 is 0 Å². The molecule has 0 aliphatic heterocycles. The van der Waals surface area contributed by atoms with Crippen LogP contribution < -0.4 is 0 Å². The first-order valence-electron chi connectivity index (χ1n) is 6.24. The molecule has 1 aromatic rings. The molecule has 0 spiro atoms. The molecule has 1 nitrogen and oxygen atoms in total. The fourth-order valence-corrected chi connectivity index (χ4v) is 2.34. The van der Waals surface area contributed by atoms with Crippen LogP contribution in [0.25, 0.3) is 5.57 Å². The van der Waals surface area contributed by atoms with E-state index in [0.717, 1.165) is 41.5 Å². The summed E-state index contributed by atoms with van der Waals surface area (Å²) in [6.45, 7) is 6.19. The highest BCUT2D eigenvalue weighted by molar-refractivity contribution is 6.13. The molecular weight excluding hydrogens is 208 g/mol. The number of hydrogen-bond acceptors (Lipinski definition) is 1. The average Bonchev–Trinajstić information content (AvgIpc) is 2.62. The monoisotopic (exact) mass is 226 g/mol. The fraction of sp³-hybridized carbons (Fsp3) is 0.312. The molecule has 0 radical (unpaired) electrons. The molecule has 0 saturated heterocycles. The van der Waals surface area contributed by atoms with E-state index in [4.69, 9.17) is 0 Å². The lowest BCUT2D eigenvalue weighted by molar-refractivity contribution is -0.114. The Hall–Kier alpha value is -1.63. The van der Waals surface area contributed by atoms with Crippen molar-refractivity contribution in [2.45, 2.75) is 32.6 Å². The number of rotatable bonds is 4. The van der Waals surface area contributed by atoms with Gasteiger partial charge in [0.05, 0.1) is 0 Å². The molecule has 88 valence electrons. The zero-order chi connectivity index (χ0) is 12.3. The SMILES string of the molecule is C=C1CC(=O)C(CCCC)=C1c1ccccc1. The first kappa shape index (κ1) is 11.8. The number of allylic oxidation sites excluding steroid dienone is 3. The predicted octanol–water partition coefficient (Wildman–Crippen LogP) is 4.16. The van der Waals surface area contributed by atoms with E-state index in [0.29, 0.717) is 6.42 Å². The second kappa shape index (κ2) is 5.13. The maximum Gasteiger partial charge on any atom is 0.163 e. The molecule has 0 amide bonds. The van der Waals surface area contributed by atoms with E-state index in [1.807, 2.05) is 18.2 Å². The summed E-state index contributed by atoms with van der Waals surface area (Å²) >= 11 is 0. The molecule has 0 atom stereocenters. The average molecular weight is 226 g/mol. The molecule has 0 unspecified atom stereocenters. The lowest BCUT2D eigenvalue weighted by Crippen LogP contribution is -1.96. The molecule has 0 N–H and O–H groups in total. The summed E-state index contributed by atoms with van der Waals surface area (Å²) in [5, 5.41) is 0.